The van der Waals surface area contributed by atoms with Gasteiger partial charge in [0.15, 0.2) is 12.0 Å². The number of hydrogen-bond donors (Lipinski definition) is 1. The van der Waals surface area contributed by atoms with Gasteiger partial charge in [-0.1, -0.05) is 30.3 Å². The van der Waals surface area contributed by atoms with Gasteiger partial charge in [0.2, 0.25) is 0 Å². The third-order valence-corrected chi connectivity index (χ3v) is 4.82. The summed E-state index contributed by atoms with van der Waals surface area (Å²) in [6, 6.07) is 9.76. The first kappa shape index (κ1) is 18.4. The summed E-state index contributed by atoms with van der Waals surface area (Å²) in [7, 11) is 0. The second-order valence-corrected chi connectivity index (χ2v) is 6.41. The van der Waals surface area contributed by atoms with E-state index >= 15 is 0 Å². The lowest BCUT2D eigenvalue weighted by molar-refractivity contribution is -0.682. The molecule has 3 aliphatic rings. The van der Waals surface area contributed by atoms with Crippen molar-refractivity contribution in [2.45, 2.75) is 19.4 Å². The van der Waals surface area contributed by atoms with E-state index in [1.165, 1.54) is 0 Å². The molecule has 0 radical (unpaired) electrons. The number of quaternary nitrogens is 1. The van der Waals surface area contributed by atoms with E-state index in [9.17, 15) is 4.79 Å². The van der Waals surface area contributed by atoms with Crippen LogP contribution in [0.25, 0.3) is 0 Å². The number of hydrogen-bond acceptors (Lipinski definition) is 4. The number of likely N-dealkylation sites (tertiary alicyclic amines) is 1. The summed E-state index contributed by atoms with van der Waals surface area (Å²) in [6.07, 6.45) is 9.15. The third kappa shape index (κ3) is 3.86. The van der Waals surface area contributed by atoms with Gasteiger partial charge >= 0.3 is 6.09 Å². The van der Waals surface area contributed by atoms with Crippen LogP contribution in [0.4, 0.5) is 4.79 Å². The van der Waals surface area contributed by atoms with Crippen molar-refractivity contribution in [2.75, 3.05) is 13.1 Å². The van der Waals surface area contributed by atoms with Crippen LogP contribution in [-0.2, 0) is 11.3 Å². The molecule has 4 rings (SSSR count). The molecule has 0 aromatic heterocycles. The second kappa shape index (κ2) is 8.29. The molecule has 1 aromatic rings. The SMILES string of the molecule is O=C(OCc1ccccc1)N1CCC(C2=C3C=NC=C[NH+]3C=N2)CC1.[Cl-]. The first-order chi connectivity index (χ1) is 12.3. The zero-order valence-corrected chi connectivity index (χ0v) is 15.1. The van der Waals surface area contributed by atoms with Gasteiger partial charge in [0.25, 0.3) is 0 Å². The minimum Gasteiger partial charge on any atom is -1.00 e. The highest BCUT2D eigenvalue weighted by Crippen LogP contribution is 2.28. The van der Waals surface area contributed by atoms with Crippen molar-refractivity contribution in [3.8, 4) is 0 Å². The molecule has 0 spiro atoms. The van der Waals surface area contributed by atoms with Crippen LogP contribution < -0.4 is 17.3 Å². The molecule has 136 valence electrons. The van der Waals surface area contributed by atoms with Crippen molar-refractivity contribution in [1.82, 2.24) is 4.90 Å². The van der Waals surface area contributed by atoms with Gasteiger partial charge in [-0.3, -0.25) is 4.99 Å². The number of carbonyl (C=O) groups is 1. The van der Waals surface area contributed by atoms with Crippen LogP contribution in [-0.4, -0.2) is 36.6 Å². The number of allylic oxidation sites excluding steroid dienone is 2. The maximum atomic E-state index is 12.3. The minimum atomic E-state index is -0.232. The monoisotopic (exact) mass is 372 g/mol. The molecule has 6 nitrogen and oxygen atoms in total. The molecule has 26 heavy (non-hydrogen) atoms. The number of halogens is 1. The maximum Gasteiger partial charge on any atom is 0.410 e. The van der Waals surface area contributed by atoms with Crippen LogP contribution in [0.5, 0.6) is 0 Å². The highest BCUT2D eigenvalue weighted by Gasteiger charge is 2.33. The quantitative estimate of drug-likeness (QED) is 0.719. The Hall–Kier alpha value is -2.44. The first-order valence-corrected chi connectivity index (χ1v) is 8.62. The van der Waals surface area contributed by atoms with Crippen LogP contribution in [0.15, 0.2) is 64.1 Å². The Bertz CT molecular complexity index is 765. The number of carbonyl (C=O) groups excluding carboxylic acids is 1. The molecule has 1 N–H and O–H groups in total. The summed E-state index contributed by atoms with van der Waals surface area (Å²) in [5.41, 5.74) is 3.25. The molecular weight excluding hydrogens is 352 g/mol. The van der Waals surface area contributed by atoms with Gasteiger partial charge in [0.1, 0.15) is 18.5 Å². The lowest BCUT2D eigenvalue weighted by atomic mass is 9.92. The average Bonchev–Trinajstić information content (AvgIpc) is 3.11. The summed E-state index contributed by atoms with van der Waals surface area (Å²) < 4.78 is 5.43. The van der Waals surface area contributed by atoms with E-state index in [4.69, 9.17) is 4.74 Å². The molecule has 1 aromatic carbocycles. The van der Waals surface area contributed by atoms with Gasteiger partial charge in [-0.05, 0) is 18.4 Å². The third-order valence-electron chi connectivity index (χ3n) is 4.82. The highest BCUT2D eigenvalue weighted by atomic mass is 35.5. The predicted molar refractivity (Wildman–Crippen MR) is 95.0 cm³/mol. The van der Waals surface area contributed by atoms with E-state index in [2.05, 4.69) is 9.98 Å². The zero-order chi connectivity index (χ0) is 17.1. The van der Waals surface area contributed by atoms with E-state index in [-0.39, 0.29) is 18.5 Å². The fourth-order valence-electron chi connectivity index (χ4n) is 3.41. The molecule has 0 aliphatic carbocycles. The van der Waals surface area contributed by atoms with Gasteiger partial charge in [0.05, 0.1) is 12.4 Å². The number of rotatable bonds is 3. The second-order valence-electron chi connectivity index (χ2n) is 6.41. The number of nitrogens with zero attached hydrogens (tertiary/aromatic N) is 3. The molecule has 1 saturated heterocycles. The number of ether oxygens (including phenoxy) is 1. The fourth-order valence-corrected chi connectivity index (χ4v) is 3.41. The number of aliphatic imine (C=N–C) groups is 2. The topological polar surface area (TPSA) is 58.7 Å². The number of nitrogens with one attached hydrogen (secondary N) is 1. The summed E-state index contributed by atoms with van der Waals surface area (Å²) in [4.78, 5) is 24.0. The van der Waals surface area contributed by atoms with Gasteiger partial charge in [-0.25, -0.2) is 14.7 Å². The zero-order valence-electron chi connectivity index (χ0n) is 14.3. The summed E-state index contributed by atoms with van der Waals surface area (Å²) in [5, 5.41) is 0. The maximum absolute atomic E-state index is 12.3. The smallest absolute Gasteiger partial charge is 0.410 e. The molecule has 1 fully saturated rings. The van der Waals surface area contributed by atoms with Crippen LogP contribution in [0.3, 0.4) is 0 Å². The Balaban J connectivity index is 0.00000196. The van der Waals surface area contributed by atoms with Crippen molar-refractivity contribution in [2.24, 2.45) is 15.9 Å². The van der Waals surface area contributed by atoms with Gasteiger partial charge in [-0.2, -0.15) is 0 Å². The van der Waals surface area contributed by atoms with Crippen molar-refractivity contribution in [3.05, 3.63) is 59.7 Å². The highest BCUT2D eigenvalue weighted by molar-refractivity contribution is 5.81. The van der Waals surface area contributed by atoms with Crippen molar-refractivity contribution >= 4 is 18.6 Å². The number of fused-ring (bicyclic) bond motifs is 1. The fraction of sp³-hybridized carbons (Fsp3) is 0.316. The van der Waals surface area contributed by atoms with Crippen LogP contribution in [0.2, 0.25) is 0 Å². The Kier molecular flexibility index (Phi) is 5.85. The van der Waals surface area contributed by atoms with Gasteiger partial charge in [-0.15, -0.1) is 0 Å². The number of amides is 1. The van der Waals surface area contributed by atoms with Crippen LogP contribution in [0.1, 0.15) is 18.4 Å². The van der Waals surface area contributed by atoms with Crippen molar-refractivity contribution in [1.29, 1.82) is 0 Å². The Morgan fingerprint density at radius 2 is 2.00 bits per heavy atom. The van der Waals surface area contributed by atoms with E-state index in [0.29, 0.717) is 25.6 Å². The Labute approximate surface area is 159 Å². The van der Waals surface area contributed by atoms with E-state index in [1.54, 1.807) is 11.1 Å². The molecule has 7 heteroatoms. The van der Waals surface area contributed by atoms with Gasteiger partial charge in [0, 0.05) is 19.0 Å². The standard InChI is InChI=1S/C19H20N4O2.ClH/c24-19(25-13-15-4-2-1-3-5-15)22-9-6-16(7-10-22)18-17-12-20-8-11-23(17)14-21-18;/h1-5,8,11-12,14,16H,6-7,9-10,13H2;1H. The Morgan fingerprint density at radius 3 is 2.77 bits per heavy atom. The van der Waals surface area contributed by atoms with Crippen LogP contribution in [0, 0.1) is 5.92 Å². The Morgan fingerprint density at radius 1 is 1.23 bits per heavy atom. The molecule has 3 heterocycles. The van der Waals surface area contributed by atoms with Crippen LogP contribution >= 0.6 is 0 Å². The molecule has 1 atom stereocenters. The number of piperidine rings is 1. The molecular formula is C19H21ClN4O2. The van der Waals surface area contributed by atoms with E-state index < -0.39 is 0 Å². The molecule has 0 saturated carbocycles. The molecule has 0 bridgehead atoms. The largest absolute Gasteiger partial charge is 1.00 e. The lowest BCUT2D eigenvalue weighted by Crippen LogP contribution is -3.04. The van der Waals surface area contributed by atoms with Crippen molar-refractivity contribution in [3.63, 3.8) is 0 Å². The molecule has 1 unspecified atom stereocenters. The van der Waals surface area contributed by atoms with E-state index in [0.717, 1.165) is 34.7 Å². The summed E-state index contributed by atoms with van der Waals surface area (Å²) in [5.74, 6) is 0.375. The average molecular weight is 373 g/mol. The predicted octanol–water partition coefficient (Wildman–Crippen LogP) is -1.27. The molecule has 1 amide bonds. The lowest BCUT2D eigenvalue weighted by Gasteiger charge is -2.31. The number of benzene rings is 1. The van der Waals surface area contributed by atoms with Gasteiger partial charge < -0.3 is 22.0 Å². The summed E-state index contributed by atoms with van der Waals surface area (Å²) >= 11 is 0. The normalized spacial score (nSPS) is 21.5. The van der Waals surface area contributed by atoms with Crippen molar-refractivity contribution < 1.29 is 26.8 Å². The minimum absolute atomic E-state index is 0. The molecule has 3 aliphatic heterocycles. The summed E-state index contributed by atoms with van der Waals surface area (Å²) in [6.45, 7) is 1.72. The first-order valence-electron chi connectivity index (χ1n) is 8.62. The van der Waals surface area contributed by atoms with E-state index in [1.807, 2.05) is 49.1 Å².